The molecule has 3 aromatic carbocycles. The topological polar surface area (TPSA) is 160 Å². The predicted molar refractivity (Wildman–Crippen MR) is 214 cm³/mol. The van der Waals surface area contributed by atoms with Gasteiger partial charge in [0.05, 0.1) is 24.7 Å². The van der Waals surface area contributed by atoms with Crippen LogP contribution in [-0.2, 0) is 32.1 Å². The van der Waals surface area contributed by atoms with Gasteiger partial charge in [-0.25, -0.2) is 14.0 Å². The number of β-lactam (4-membered cyclic amide) rings is 1. The van der Waals surface area contributed by atoms with Crippen molar-refractivity contribution in [1.29, 1.82) is 0 Å². The summed E-state index contributed by atoms with van der Waals surface area (Å²) in [6, 6.07) is 18.9. The fraction of sp³-hybridized carbons (Fsp3) is 0.341. The zero-order valence-electron chi connectivity index (χ0n) is 31.0. The van der Waals surface area contributed by atoms with E-state index in [1.807, 2.05) is 39.8 Å². The van der Waals surface area contributed by atoms with E-state index in [-0.39, 0.29) is 58.8 Å². The van der Waals surface area contributed by atoms with Crippen molar-refractivity contribution in [3.05, 3.63) is 117 Å². The van der Waals surface area contributed by atoms with Crippen LogP contribution in [0.15, 0.2) is 89.0 Å². The number of aromatic carboxylic acids is 1. The summed E-state index contributed by atoms with van der Waals surface area (Å²) in [5, 5.41) is 15.1. The Morgan fingerprint density at radius 3 is 2.39 bits per heavy atom. The number of hydrogen-bond donors (Lipinski definition) is 3. The van der Waals surface area contributed by atoms with E-state index in [0.717, 1.165) is 37.1 Å². The number of carbonyl (C=O) groups is 4. The second kappa shape index (κ2) is 17.4. The Morgan fingerprint density at radius 1 is 1.02 bits per heavy atom. The highest BCUT2D eigenvalue weighted by atomic mass is 35.5. The number of halogens is 2. The standard InChI is InChI=1S/C24H23ClN2O5S.C17H18FN3O3/c1-31-18-9-7-16(8-10-18)13-32-24(30)21-17(12-25)14-33-23-20(22(29)27(21)23)26-19(28)11-15-5-3-2-4-6-15;18-13-7-11-14(8-15(13)20-5-3-19-4-6-20)21(10-1-2-10)9-12(16(11)22)17(23)24/h2-10,20,23H,11-14H2,1H3,(H,26,28);7-10,19H,1-6H2,(H,23,24)/t20-,23-;/m1./s1. The van der Waals surface area contributed by atoms with Crippen LogP contribution in [0.4, 0.5) is 10.1 Å². The first-order valence-corrected chi connectivity index (χ1v) is 20.1. The van der Waals surface area contributed by atoms with Gasteiger partial charge in [-0.1, -0.05) is 42.5 Å². The van der Waals surface area contributed by atoms with Crippen molar-refractivity contribution in [2.45, 2.75) is 43.3 Å². The molecule has 4 heterocycles. The molecule has 2 atom stereocenters. The number of carbonyl (C=O) groups excluding carboxylic acids is 3. The molecule has 16 heteroatoms. The molecule has 1 aliphatic carbocycles. The molecule has 4 aliphatic rings. The lowest BCUT2D eigenvalue weighted by molar-refractivity contribution is -0.153. The second-order valence-electron chi connectivity index (χ2n) is 14.0. The maximum atomic E-state index is 14.6. The lowest BCUT2D eigenvalue weighted by Crippen LogP contribution is -2.70. The molecule has 4 aromatic rings. The van der Waals surface area contributed by atoms with Gasteiger partial charge in [-0.2, -0.15) is 0 Å². The SMILES string of the molecule is COc1ccc(COC(=O)C2=C(CCl)CS[C@@H]3[C@H](NC(=O)Cc4ccccc4)C(=O)N23)cc1.O=C(O)c1cn(C2CC2)c2cc(N3CCNCC3)c(F)cc2c1=O. The molecule has 13 nitrogen and oxygen atoms in total. The molecule has 8 rings (SSSR count). The molecule has 57 heavy (non-hydrogen) atoms. The van der Waals surface area contributed by atoms with Gasteiger partial charge in [0.15, 0.2) is 0 Å². The van der Waals surface area contributed by atoms with Gasteiger partial charge >= 0.3 is 11.9 Å². The number of hydrogen-bond acceptors (Lipinski definition) is 10. The van der Waals surface area contributed by atoms with Gasteiger partial charge in [-0.15, -0.1) is 23.4 Å². The number of aromatic nitrogens is 1. The van der Waals surface area contributed by atoms with Crippen LogP contribution in [0, 0.1) is 5.82 Å². The first-order valence-electron chi connectivity index (χ1n) is 18.5. The van der Waals surface area contributed by atoms with Crippen LogP contribution in [0.5, 0.6) is 5.75 Å². The summed E-state index contributed by atoms with van der Waals surface area (Å²) in [5.41, 5.74) is 2.63. The molecule has 0 unspecified atom stereocenters. The maximum absolute atomic E-state index is 14.6. The first-order chi connectivity index (χ1) is 27.6. The van der Waals surface area contributed by atoms with E-state index in [2.05, 4.69) is 10.6 Å². The Balaban J connectivity index is 0.000000183. The van der Waals surface area contributed by atoms with Crippen LogP contribution in [0.1, 0.15) is 40.4 Å². The second-order valence-corrected chi connectivity index (χ2v) is 15.4. The van der Waals surface area contributed by atoms with Gasteiger partial charge in [0.2, 0.25) is 11.3 Å². The minimum absolute atomic E-state index is 0.0545. The summed E-state index contributed by atoms with van der Waals surface area (Å²) in [6.45, 7) is 3.02. The Morgan fingerprint density at radius 2 is 1.74 bits per heavy atom. The van der Waals surface area contributed by atoms with Crippen LogP contribution in [0.3, 0.4) is 0 Å². The molecule has 1 saturated carbocycles. The number of rotatable bonds is 11. The largest absolute Gasteiger partial charge is 0.497 e. The Bertz CT molecular complexity index is 2280. The summed E-state index contributed by atoms with van der Waals surface area (Å²) in [5.74, 6) is -1.64. The summed E-state index contributed by atoms with van der Waals surface area (Å²) < 4.78 is 27.0. The van der Waals surface area contributed by atoms with Gasteiger partial charge < -0.3 is 34.7 Å². The lowest BCUT2D eigenvalue weighted by Gasteiger charge is -2.49. The summed E-state index contributed by atoms with van der Waals surface area (Å²) in [6.07, 6.45) is 3.47. The number of piperazine rings is 1. The zero-order chi connectivity index (χ0) is 40.2. The normalized spacial score (nSPS) is 18.9. The van der Waals surface area contributed by atoms with Crippen molar-refractivity contribution in [3.63, 3.8) is 0 Å². The molecule has 2 amide bonds. The van der Waals surface area contributed by atoms with Crippen LogP contribution in [0.2, 0.25) is 0 Å². The average molecular weight is 818 g/mol. The molecule has 3 fully saturated rings. The van der Waals surface area contributed by atoms with Crippen molar-refractivity contribution in [2.24, 2.45) is 0 Å². The summed E-state index contributed by atoms with van der Waals surface area (Å²) in [4.78, 5) is 65.4. The molecule has 298 valence electrons. The van der Waals surface area contributed by atoms with Crippen LogP contribution in [0.25, 0.3) is 10.9 Å². The van der Waals surface area contributed by atoms with E-state index in [4.69, 9.17) is 21.1 Å². The van der Waals surface area contributed by atoms with E-state index in [9.17, 15) is 33.5 Å². The molecule has 3 N–H and O–H groups in total. The minimum Gasteiger partial charge on any atom is -0.497 e. The molecular formula is C41H41ClFN5O8S. The Hall–Kier alpha value is -5.38. The van der Waals surface area contributed by atoms with Gasteiger partial charge in [0, 0.05) is 55.4 Å². The highest BCUT2D eigenvalue weighted by Gasteiger charge is 2.54. The Labute approximate surface area is 336 Å². The van der Waals surface area contributed by atoms with E-state index < -0.39 is 29.2 Å². The number of esters is 1. The Kier molecular flexibility index (Phi) is 12.2. The van der Waals surface area contributed by atoms with E-state index in [0.29, 0.717) is 41.4 Å². The van der Waals surface area contributed by atoms with Gasteiger partial charge in [-0.3, -0.25) is 19.3 Å². The summed E-state index contributed by atoms with van der Waals surface area (Å²) >= 11 is 7.54. The molecule has 0 spiro atoms. The van der Waals surface area contributed by atoms with Crippen molar-refractivity contribution in [3.8, 4) is 5.75 Å². The highest BCUT2D eigenvalue weighted by molar-refractivity contribution is 8.00. The lowest BCUT2D eigenvalue weighted by atomic mass is 10.0. The number of alkyl halides is 1. The number of pyridine rings is 1. The van der Waals surface area contributed by atoms with Crippen molar-refractivity contribution in [2.75, 3.05) is 49.8 Å². The fourth-order valence-corrected chi connectivity index (χ4v) is 8.71. The minimum atomic E-state index is -1.28. The number of nitrogens with one attached hydrogen (secondary N) is 2. The zero-order valence-corrected chi connectivity index (χ0v) is 32.6. The van der Waals surface area contributed by atoms with Crippen molar-refractivity contribution < 1.29 is 38.1 Å². The number of amides is 2. The predicted octanol–water partition coefficient (Wildman–Crippen LogP) is 4.46. The molecule has 3 aliphatic heterocycles. The average Bonchev–Trinajstić information content (AvgIpc) is 4.08. The fourth-order valence-electron chi connectivity index (χ4n) is 7.03. The van der Waals surface area contributed by atoms with E-state index >= 15 is 0 Å². The monoisotopic (exact) mass is 817 g/mol. The number of anilines is 1. The molecule has 0 radical (unpaired) electrons. The van der Waals surface area contributed by atoms with Crippen molar-refractivity contribution in [1.82, 2.24) is 20.1 Å². The third-order valence-corrected chi connectivity index (χ3v) is 11.8. The number of thioether (sulfide) groups is 1. The number of carboxylic acids is 1. The van der Waals surface area contributed by atoms with E-state index in [1.165, 1.54) is 28.9 Å². The van der Waals surface area contributed by atoms with Crippen LogP contribution < -0.4 is 25.7 Å². The number of ether oxygens (including phenoxy) is 2. The van der Waals surface area contributed by atoms with Crippen molar-refractivity contribution >= 4 is 63.7 Å². The summed E-state index contributed by atoms with van der Waals surface area (Å²) in [7, 11) is 1.58. The molecule has 2 saturated heterocycles. The quantitative estimate of drug-likeness (QED) is 0.112. The maximum Gasteiger partial charge on any atom is 0.355 e. The molecule has 0 bridgehead atoms. The first kappa shape index (κ1) is 39.8. The van der Waals surface area contributed by atoms with Crippen LogP contribution >= 0.6 is 23.4 Å². The third kappa shape index (κ3) is 8.65. The van der Waals surface area contributed by atoms with Gasteiger partial charge in [0.1, 0.15) is 40.8 Å². The smallest absolute Gasteiger partial charge is 0.355 e. The van der Waals surface area contributed by atoms with Crippen LogP contribution in [-0.4, -0.2) is 94.7 Å². The number of methoxy groups -OCH3 is 1. The van der Waals surface area contributed by atoms with E-state index in [1.54, 1.807) is 37.4 Å². The molecular weight excluding hydrogens is 777 g/mol. The molecule has 1 aromatic heterocycles. The third-order valence-electron chi connectivity index (χ3n) is 10.2. The highest BCUT2D eigenvalue weighted by Crippen LogP contribution is 2.41. The number of fused-ring (bicyclic) bond motifs is 2. The number of nitrogens with zero attached hydrogens (tertiary/aromatic N) is 3. The van der Waals surface area contributed by atoms with Gasteiger partial charge in [0.25, 0.3) is 5.91 Å². The van der Waals surface area contributed by atoms with Gasteiger partial charge in [-0.05, 0) is 53.8 Å². The number of carboxylic acid groups (broad SMARTS) is 1. The number of benzene rings is 3.